The SMILES string of the molecule is O=C(c1nc2c(C(F)(F)F)cc(-c3ccoc3)cn2c1Cl)N1CC=C(c2cccs2)C1. The minimum atomic E-state index is -4.68. The molecule has 31 heavy (non-hydrogen) atoms. The van der Waals surface area contributed by atoms with Crippen molar-refractivity contribution in [1.29, 1.82) is 0 Å². The van der Waals surface area contributed by atoms with Crippen molar-refractivity contribution < 1.29 is 22.4 Å². The number of halogens is 4. The van der Waals surface area contributed by atoms with Crippen LogP contribution in [-0.2, 0) is 6.18 Å². The van der Waals surface area contributed by atoms with Gasteiger partial charge in [0, 0.05) is 35.3 Å². The van der Waals surface area contributed by atoms with E-state index in [0.717, 1.165) is 20.9 Å². The first-order valence-electron chi connectivity index (χ1n) is 9.16. The summed E-state index contributed by atoms with van der Waals surface area (Å²) in [6.45, 7) is 0.679. The highest BCUT2D eigenvalue weighted by Crippen LogP contribution is 2.37. The van der Waals surface area contributed by atoms with E-state index in [9.17, 15) is 18.0 Å². The maximum atomic E-state index is 13.8. The molecule has 0 spiro atoms. The first-order chi connectivity index (χ1) is 14.8. The molecule has 1 aliphatic rings. The van der Waals surface area contributed by atoms with Crippen molar-refractivity contribution in [2.75, 3.05) is 13.1 Å². The summed E-state index contributed by atoms with van der Waals surface area (Å²) >= 11 is 7.93. The molecule has 0 unspecified atom stereocenters. The number of aromatic nitrogens is 2. The van der Waals surface area contributed by atoms with Gasteiger partial charge in [-0.05, 0) is 29.2 Å². The van der Waals surface area contributed by atoms with Gasteiger partial charge in [0.05, 0.1) is 18.1 Å². The van der Waals surface area contributed by atoms with Crippen LogP contribution in [0.1, 0.15) is 20.9 Å². The number of hydrogen-bond acceptors (Lipinski definition) is 4. The summed E-state index contributed by atoms with van der Waals surface area (Å²) in [6.07, 6.45) is 1.35. The van der Waals surface area contributed by atoms with Gasteiger partial charge in [-0.1, -0.05) is 23.7 Å². The highest BCUT2D eigenvalue weighted by atomic mass is 35.5. The summed E-state index contributed by atoms with van der Waals surface area (Å²) in [5, 5.41) is 1.77. The molecule has 5 nitrogen and oxygen atoms in total. The Bertz CT molecular complexity index is 1310. The molecule has 0 N–H and O–H groups in total. The number of pyridine rings is 1. The van der Waals surface area contributed by atoms with Gasteiger partial charge < -0.3 is 9.32 Å². The van der Waals surface area contributed by atoms with E-state index in [-0.39, 0.29) is 16.4 Å². The largest absolute Gasteiger partial charge is 0.472 e. The van der Waals surface area contributed by atoms with Crippen molar-refractivity contribution in [1.82, 2.24) is 14.3 Å². The summed E-state index contributed by atoms with van der Waals surface area (Å²) in [4.78, 5) is 19.6. The normalized spacial score (nSPS) is 14.5. The van der Waals surface area contributed by atoms with Crippen LogP contribution in [0.5, 0.6) is 0 Å². The first-order valence-corrected chi connectivity index (χ1v) is 10.4. The zero-order chi connectivity index (χ0) is 21.8. The number of furan rings is 1. The van der Waals surface area contributed by atoms with E-state index >= 15 is 0 Å². The van der Waals surface area contributed by atoms with E-state index in [1.54, 1.807) is 17.4 Å². The standard InChI is InChI=1S/C21H13ClF3N3O2S/c22-18-17(20(29)27-5-3-12(9-27)16-2-1-7-31-16)26-19-15(21(23,24)25)8-14(10-28(18)19)13-4-6-30-11-13/h1-4,6-8,10-11H,5,9H2. The van der Waals surface area contributed by atoms with Crippen LogP contribution in [0.25, 0.3) is 22.3 Å². The molecule has 0 bridgehead atoms. The molecule has 0 fully saturated rings. The Hall–Kier alpha value is -3.04. The van der Waals surface area contributed by atoms with Crippen LogP contribution in [0.2, 0.25) is 5.15 Å². The second-order valence-electron chi connectivity index (χ2n) is 6.99. The van der Waals surface area contributed by atoms with Gasteiger partial charge in [0.1, 0.15) is 5.15 Å². The number of hydrogen-bond donors (Lipinski definition) is 0. The van der Waals surface area contributed by atoms with Gasteiger partial charge in [-0.2, -0.15) is 13.2 Å². The Morgan fingerprint density at radius 1 is 1.26 bits per heavy atom. The molecule has 4 aromatic heterocycles. The predicted octanol–water partition coefficient (Wildman–Crippen LogP) is 5.87. The molecule has 0 saturated heterocycles. The summed E-state index contributed by atoms with van der Waals surface area (Å²) in [6, 6.07) is 6.39. The quantitative estimate of drug-likeness (QED) is 0.382. The fourth-order valence-electron chi connectivity index (χ4n) is 3.55. The van der Waals surface area contributed by atoms with Gasteiger partial charge in [0.15, 0.2) is 11.3 Å². The van der Waals surface area contributed by atoms with Crippen LogP contribution in [0.3, 0.4) is 0 Å². The third-order valence-corrected chi connectivity index (χ3v) is 6.37. The monoisotopic (exact) mass is 463 g/mol. The number of amides is 1. The molecule has 1 amide bonds. The molecule has 5 rings (SSSR count). The number of imidazole rings is 1. The van der Waals surface area contributed by atoms with E-state index in [1.165, 1.54) is 23.6 Å². The minimum Gasteiger partial charge on any atom is -0.472 e. The number of rotatable bonds is 3. The van der Waals surface area contributed by atoms with Crippen LogP contribution in [0.4, 0.5) is 13.2 Å². The van der Waals surface area contributed by atoms with Crippen LogP contribution in [0, 0.1) is 0 Å². The van der Waals surface area contributed by atoms with Crippen molar-refractivity contribution in [2.45, 2.75) is 6.18 Å². The summed E-state index contributed by atoms with van der Waals surface area (Å²) in [7, 11) is 0. The van der Waals surface area contributed by atoms with Crippen LogP contribution >= 0.6 is 22.9 Å². The number of fused-ring (bicyclic) bond motifs is 1. The molecule has 10 heteroatoms. The Morgan fingerprint density at radius 3 is 2.77 bits per heavy atom. The summed E-state index contributed by atoms with van der Waals surface area (Å²) in [5.74, 6) is -0.519. The number of nitrogens with zero attached hydrogens (tertiary/aromatic N) is 3. The van der Waals surface area contributed by atoms with Crippen LogP contribution < -0.4 is 0 Å². The minimum absolute atomic E-state index is 0.166. The first kappa shape index (κ1) is 19.9. The van der Waals surface area contributed by atoms with Crippen molar-refractivity contribution >= 4 is 40.1 Å². The maximum absolute atomic E-state index is 13.8. The molecule has 0 radical (unpaired) electrons. The van der Waals surface area contributed by atoms with Crippen LogP contribution in [0.15, 0.2) is 58.9 Å². The third kappa shape index (κ3) is 3.43. The average molecular weight is 464 g/mol. The van der Waals surface area contributed by atoms with Gasteiger partial charge in [0.2, 0.25) is 0 Å². The Morgan fingerprint density at radius 2 is 2.10 bits per heavy atom. The van der Waals surface area contributed by atoms with E-state index in [4.69, 9.17) is 16.0 Å². The Balaban J connectivity index is 1.56. The molecule has 0 atom stereocenters. The maximum Gasteiger partial charge on any atom is 0.420 e. The smallest absolute Gasteiger partial charge is 0.420 e. The van der Waals surface area contributed by atoms with Gasteiger partial charge in [0.25, 0.3) is 5.91 Å². The summed E-state index contributed by atoms with van der Waals surface area (Å²) < 4.78 is 47.4. The van der Waals surface area contributed by atoms with Gasteiger partial charge in [-0.3, -0.25) is 9.20 Å². The number of carbonyl (C=O) groups is 1. The van der Waals surface area contributed by atoms with Gasteiger partial charge in [-0.15, -0.1) is 11.3 Å². The molecule has 0 aliphatic carbocycles. The highest BCUT2D eigenvalue weighted by Gasteiger charge is 2.37. The van der Waals surface area contributed by atoms with E-state index in [0.29, 0.717) is 18.7 Å². The van der Waals surface area contributed by atoms with E-state index in [2.05, 4.69) is 4.98 Å². The molecular formula is C21H13ClF3N3O2S. The van der Waals surface area contributed by atoms with Crippen molar-refractivity contribution in [2.24, 2.45) is 0 Å². The molecule has 158 valence electrons. The number of carbonyl (C=O) groups excluding carboxylic acids is 1. The van der Waals surface area contributed by atoms with Crippen molar-refractivity contribution in [3.8, 4) is 11.1 Å². The van der Waals surface area contributed by atoms with Crippen LogP contribution in [-0.4, -0.2) is 33.3 Å². The number of thiophene rings is 1. The molecule has 1 aliphatic heterocycles. The Kier molecular flexibility index (Phi) is 4.67. The predicted molar refractivity (Wildman–Crippen MR) is 111 cm³/mol. The average Bonchev–Trinajstić information content (AvgIpc) is 3.53. The Labute approximate surface area is 183 Å². The summed E-state index contributed by atoms with van der Waals surface area (Å²) in [5.41, 5.74) is 0.0765. The lowest BCUT2D eigenvalue weighted by atomic mass is 10.1. The van der Waals surface area contributed by atoms with E-state index in [1.807, 2.05) is 23.6 Å². The highest BCUT2D eigenvalue weighted by molar-refractivity contribution is 7.11. The molecule has 0 aromatic carbocycles. The molecule has 4 aromatic rings. The zero-order valence-corrected chi connectivity index (χ0v) is 17.3. The second-order valence-corrected chi connectivity index (χ2v) is 8.30. The molecular weight excluding hydrogens is 451 g/mol. The van der Waals surface area contributed by atoms with E-state index < -0.39 is 23.3 Å². The second kappa shape index (κ2) is 7.28. The van der Waals surface area contributed by atoms with Crippen molar-refractivity contribution in [3.05, 3.63) is 75.7 Å². The number of alkyl halides is 3. The van der Waals surface area contributed by atoms with Gasteiger partial charge in [-0.25, -0.2) is 4.98 Å². The fourth-order valence-corrected chi connectivity index (χ4v) is 4.56. The molecule has 0 saturated carbocycles. The van der Waals surface area contributed by atoms with Crippen molar-refractivity contribution in [3.63, 3.8) is 0 Å². The lowest BCUT2D eigenvalue weighted by Crippen LogP contribution is -2.29. The van der Waals surface area contributed by atoms with Gasteiger partial charge >= 0.3 is 6.18 Å². The lowest BCUT2D eigenvalue weighted by molar-refractivity contribution is -0.136. The third-order valence-electron chi connectivity index (χ3n) is 5.07. The topological polar surface area (TPSA) is 50.8 Å². The molecule has 5 heterocycles. The fraction of sp³-hybridized carbons (Fsp3) is 0.143. The zero-order valence-electron chi connectivity index (χ0n) is 15.7. The lowest BCUT2D eigenvalue weighted by Gasteiger charge is -2.15.